The first-order valence-corrected chi connectivity index (χ1v) is 5.48. The van der Waals surface area contributed by atoms with E-state index >= 15 is 0 Å². The maximum atomic E-state index is 10.8. The van der Waals surface area contributed by atoms with Crippen LogP contribution in [0, 0.1) is 13.8 Å². The smallest absolute Gasteiger partial charge is 0.472 e. The highest BCUT2D eigenvalue weighted by Gasteiger charge is 2.11. The summed E-state index contributed by atoms with van der Waals surface area (Å²) < 4.78 is 15.6. The molecule has 4 nitrogen and oxygen atoms in total. The summed E-state index contributed by atoms with van der Waals surface area (Å²) in [5.74, 6) is 0.287. The van der Waals surface area contributed by atoms with Crippen LogP contribution in [0.5, 0.6) is 5.75 Å². The Morgan fingerprint density at radius 3 is 2.57 bits per heavy atom. The summed E-state index contributed by atoms with van der Waals surface area (Å²) in [6, 6.07) is 3.39. The van der Waals surface area contributed by atoms with Gasteiger partial charge in [0.15, 0.2) is 6.29 Å². The monoisotopic (exact) mass is 209 g/mol. The van der Waals surface area contributed by atoms with E-state index < -0.39 is 9.09 Å². The average Bonchev–Trinajstić information content (AvgIpc) is 2.11. The van der Waals surface area contributed by atoms with Gasteiger partial charge in [0.05, 0.1) is 5.56 Å². The van der Waals surface area contributed by atoms with E-state index in [1.165, 1.54) is 0 Å². The van der Waals surface area contributed by atoms with E-state index in [1.807, 2.05) is 6.92 Å². The predicted octanol–water partition coefficient (Wildman–Crippen LogP) is 0.869. The molecule has 0 bridgehead atoms. The number of carbonyl (C=O) groups excluding carboxylic acids is 1. The second-order valence-corrected chi connectivity index (χ2v) is 3.80. The Balaban J connectivity index is 3.23. The first-order valence-electron chi connectivity index (χ1n) is 4.09. The van der Waals surface area contributed by atoms with E-state index in [2.05, 4.69) is 0 Å². The van der Waals surface area contributed by atoms with Crippen molar-refractivity contribution in [2.45, 2.75) is 13.8 Å². The van der Waals surface area contributed by atoms with E-state index in [-0.39, 0.29) is 5.75 Å². The van der Waals surface area contributed by atoms with Gasteiger partial charge in [-0.15, -0.1) is 0 Å². The molecule has 0 radical (unpaired) electrons. The van der Waals surface area contributed by atoms with E-state index in [1.54, 1.807) is 19.1 Å². The first-order chi connectivity index (χ1) is 6.56. The van der Waals surface area contributed by atoms with Gasteiger partial charge < -0.3 is 14.3 Å². The Kier molecular flexibility index (Phi) is 3.13. The lowest BCUT2D eigenvalue weighted by Gasteiger charge is -2.08. The molecule has 5 heteroatoms. The van der Waals surface area contributed by atoms with Crippen LogP contribution in [-0.2, 0) is 4.46 Å². The molecule has 2 N–H and O–H groups in total. The number of benzene rings is 1. The van der Waals surface area contributed by atoms with Gasteiger partial charge in [-0.3, -0.25) is 4.79 Å². The highest BCUT2D eigenvalue weighted by molar-refractivity contribution is 6.31. The lowest BCUT2D eigenvalue weighted by Crippen LogP contribution is -2.22. The molecule has 14 heavy (non-hydrogen) atoms. The second-order valence-electron chi connectivity index (χ2n) is 2.96. The van der Waals surface area contributed by atoms with Crippen molar-refractivity contribution in [3.05, 3.63) is 28.8 Å². The fourth-order valence-corrected chi connectivity index (χ4v) is 1.55. The normalized spacial score (nSPS) is 9.57. The molecule has 0 saturated heterocycles. The van der Waals surface area contributed by atoms with E-state index in [0.29, 0.717) is 11.8 Å². The molecule has 0 unspecified atom stereocenters. The van der Waals surface area contributed by atoms with Crippen molar-refractivity contribution in [2.75, 3.05) is 0 Å². The number of hydrogen-bond acceptors (Lipinski definition) is 3. The van der Waals surface area contributed by atoms with Crippen LogP contribution in [0.2, 0.25) is 0 Å². The summed E-state index contributed by atoms with van der Waals surface area (Å²) in [4.78, 5) is 10.8. The Morgan fingerprint density at radius 2 is 2.07 bits per heavy atom. The topological polar surface area (TPSA) is 69.4 Å². The molecule has 0 saturated carbocycles. The lowest BCUT2D eigenvalue weighted by atomic mass is 10.0. The number of hydrogen-bond donors (Lipinski definition) is 1. The predicted molar refractivity (Wildman–Crippen MR) is 52.6 cm³/mol. The molecule has 0 aliphatic carbocycles. The van der Waals surface area contributed by atoms with Crippen molar-refractivity contribution in [3.8, 4) is 5.75 Å². The Bertz CT molecular complexity index is 390. The first kappa shape index (κ1) is 10.6. The molecule has 74 valence electrons. The largest absolute Gasteiger partial charge is 0.638 e. The zero-order chi connectivity index (χ0) is 10.7. The molecule has 1 rings (SSSR count). The van der Waals surface area contributed by atoms with Crippen LogP contribution in [0.25, 0.3) is 0 Å². The van der Waals surface area contributed by atoms with Gasteiger partial charge in [-0.2, -0.15) is 0 Å². The molecule has 1 aromatic rings. The molecule has 0 heterocycles. The number of aryl methyl sites for hydroxylation is 1. The van der Waals surface area contributed by atoms with Gasteiger partial charge in [-0.05, 0) is 31.0 Å². The Labute approximate surface area is 83.5 Å². The van der Waals surface area contributed by atoms with Crippen LogP contribution >= 0.6 is 0 Å². The Hall–Kier alpha value is -1.49. The third kappa shape index (κ3) is 2.05. The zero-order valence-corrected chi connectivity index (χ0v) is 9.03. The summed E-state index contributed by atoms with van der Waals surface area (Å²) >= 11 is 0. The quantitative estimate of drug-likeness (QED) is 0.592. The molecular weight excluding hydrogens is 198 g/mol. The molecule has 0 aromatic heterocycles. The lowest BCUT2D eigenvalue weighted by molar-refractivity contribution is 0.112. The van der Waals surface area contributed by atoms with Gasteiger partial charge >= 0.3 is 9.09 Å². The number of aldehydes is 1. The van der Waals surface area contributed by atoms with Crippen LogP contribution in [-0.4, -0.2) is 15.4 Å². The third-order valence-electron chi connectivity index (χ3n) is 2.07. The molecule has 0 fully saturated rings. The molecule has 0 amide bonds. The maximum Gasteiger partial charge on any atom is 0.638 e. The molecule has 0 atom stereocenters. The van der Waals surface area contributed by atoms with Gasteiger partial charge in [0, 0.05) is 0 Å². The fraction of sp³-hybridized carbons (Fsp3) is 0.222. The van der Waals surface area contributed by atoms with Gasteiger partial charge in [0.25, 0.3) is 0 Å². The summed E-state index contributed by atoms with van der Waals surface area (Å²) in [7, 11) is -2.56. The van der Waals surface area contributed by atoms with Crippen molar-refractivity contribution in [3.63, 3.8) is 0 Å². The molecule has 0 spiro atoms. The summed E-state index contributed by atoms with van der Waals surface area (Å²) in [5, 5.41) is 5.04. The molecule has 0 aliphatic heterocycles. The van der Waals surface area contributed by atoms with Crippen LogP contribution in [0.3, 0.4) is 0 Å². The fourth-order valence-electron chi connectivity index (χ4n) is 1.16. The minimum Gasteiger partial charge on any atom is -0.472 e. The number of carbonyl (C=O) groups is 1. The van der Waals surface area contributed by atoms with Crippen molar-refractivity contribution in [1.29, 1.82) is 0 Å². The molecular formula is C9H11NO3Si. The summed E-state index contributed by atoms with van der Waals surface area (Å²) in [6.07, 6.45) is 0.683. The molecule has 1 aromatic carbocycles. The average molecular weight is 209 g/mol. The third-order valence-corrected chi connectivity index (χ3v) is 2.50. The summed E-state index contributed by atoms with van der Waals surface area (Å²) in [6.45, 7) is 3.69. The maximum absolute atomic E-state index is 10.8. The zero-order valence-electron chi connectivity index (χ0n) is 8.03. The van der Waals surface area contributed by atoms with Gasteiger partial charge in [-0.25, -0.2) is 0 Å². The SMILES string of the molecule is Cc1ccc(O[Si](N)=O)c(C=O)c1C. The van der Waals surface area contributed by atoms with Gasteiger partial charge in [0.2, 0.25) is 0 Å². The minimum atomic E-state index is -2.56. The van der Waals surface area contributed by atoms with Crippen LogP contribution in [0.1, 0.15) is 21.5 Å². The highest BCUT2D eigenvalue weighted by Crippen LogP contribution is 2.22. The van der Waals surface area contributed by atoms with Crippen molar-refractivity contribution >= 4 is 15.4 Å². The van der Waals surface area contributed by atoms with Crippen LogP contribution in [0.15, 0.2) is 12.1 Å². The van der Waals surface area contributed by atoms with Crippen LogP contribution < -0.4 is 9.83 Å². The standard InChI is InChI=1S/C9H11NO3Si/c1-6-3-4-9(13-14(10)12)8(5-11)7(6)2/h3-5H,10H2,1-2H3. The number of nitrogens with two attached hydrogens (primary N) is 1. The van der Waals surface area contributed by atoms with Gasteiger partial charge in [-0.1, -0.05) is 6.07 Å². The van der Waals surface area contributed by atoms with Crippen molar-refractivity contribution in [2.24, 2.45) is 5.40 Å². The van der Waals surface area contributed by atoms with Crippen molar-refractivity contribution < 1.29 is 13.7 Å². The highest BCUT2D eigenvalue weighted by atomic mass is 28.3. The van der Waals surface area contributed by atoms with E-state index in [9.17, 15) is 9.26 Å². The summed E-state index contributed by atoms with van der Waals surface area (Å²) in [5.41, 5.74) is 2.21. The van der Waals surface area contributed by atoms with Gasteiger partial charge in [0.1, 0.15) is 5.75 Å². The van der Waals surface area contributed by atoms with E-state index in [0.717, 1.165) is 11.1 Å². The van der Waals surface area contributed by atoms with Crippen molar-refractivity contribution in [1.82, 2.24) is 0 Å². The second kappa shape index (κ2) is 4.14. The van der Waals surface area contributed by atoms with Crippen LogP contribution in [0.4, 0.5) is 0 Å². The Morgan fingerprint density at radius 1 is 1.43 bits per heavy atom. The molecule has 0 aliphatic rings. The minimum absolute atomic E-state index is 0.287. The van der Waals surface area contributed by atoms with E-state index in [4.69, 9.17) is 9.83 Å². The number of rotatable bonds is 3.